The second-order valence-corrected chi connectivity index (χ2v) is 22.0. The number of allylic oxidation sites excluding steroid dienone is 12. The first-order chi connectivity index (χ1) is 37.5. The van der Waals surface area contributed by atoms with Gasteiger partial charge in [-0.05, 0) is 96.3 Å². The summed E-state index contributed by atoms with van der Waals surface area (Å²) in [7, 11) is 0. The van der Waals surface area contributed by atoms with Gasteiger partial charge in [0.25, 0.3) is 0 Å². The first-order valence-electron chi connectivity index (χ1n) is 32.9. The summed E-state index contributed by atoms with van der Waals surface area (Å²) in [5.41, 5.74) is 0. The predicted molar refractivity (Wildman–Crippen MR) is 330 cm³/mol. The molecule has 0 saturated carbocycles. The van der Waals surface area contributed by atoms with Crippen LogP contribution in [0.1, 0.15) is 335 Å². The summed E-state index contributed by atoms with van der Waals surface area (Å²) < 4.78 is 16.8. The van der Waals surface area contributed by atoms with Crippen molar-refractivity contribution in [3.8, 4) is 0 Å². The fourth-order valence-electron chi connectivity index (χ4n) is 9.51. The van der Waals surface area contributed by atoms with Crippen LogP contribution in [0.3, 0.4) is 0 Å². The highest BCUT2D eigenvalue weighted by Crippen LogP contribution is 2.17. The molecule has 6 heteroatoms. The Hall–Kier alpha value is -3.15. The summed E-state index contributed by atoms with van der Waals surface area (Å²) in [4.78, 5) is 38.1. The van der Waals surface area contributed by atoms with Gasteiger partial charge in [0.05, 0.1) is 0 Å². The molecule has 0 aliphatic carbocycles. The van der Waals surface area contributed by atoms with E-state index < -0.39 is 6.10 Å². The number of hydrogen-bond acceptors (Lipinski definition) is 6. The maximum atomic E-state index is 12.8. The minimum absolute atomic E-state index is 0.104. The van der Waals surface area contributed by atoms with Gasteiger partial charge in [-0.15, -0.1) is 0 Å². The van der Waals surface area contributed by atoms with Gasteiger partial charge >= 0.3 is 17.9 Å². The Labute approximate surface area is 472 Å². The van der Waals surface area contributed by atoms with Crippen molar-refractivity contribution < 1.29 is 28.6 Å². The zero-order chi connectivity index (χ0) is 55.0. The second kappa shape index (κ2) is 64.4. The molecule has 0 aromatic carbocycles. The largest absolute Gasteiger partial charge is 0.462 e. The molecule has 0 rings (SSSR count). The van der Waals surface area contributed by atoms with Crippen molar-refractivity contribution in [1.29, 1.82) is 0 Å². The number of carbonyl (C=O) groups is 3. The molecule has 76 heavy (non-hydrogen) atoms. The maximum absolute atomic E-state index is 12.8. The lowest BCUT2D eigenvalue weighted by atomic mass is 10.0. The molecule has 0 aromatic heterocycles. The van der Waals surface area contributed by atoms with Gasteiger partial charge < -0.3 is 14.2 Å². The van der Waals surface area contributed by atoms with E-state index in [0.717, 1.165) is 77.0 Å². The van der Waals surface area contributed by atoms with Crippen molar-refractivity contribution in [2.75, 3.05) is 13.2 Å². The van der Waals surface area contributed by atoms with E-state index in [-0.39, 0.29) is 37.5 Å². The standard InChI is InChI=1S/C70H124O6/c1-4-7-10-13-16-19-22-25-26-27-28-29-30-31-32-33-34-35-36-37-38-39-40-41-42-43-44-46-48-51-54-57-60-63-69(72)75-66-67(65-74-68(71)62-59-56-53-50-47-24-21-18-15-12-9-6-3)76-70(73)64-61-58-55-52-49-45-23-20-17-14-11-8-5-2/h8,11,17-18,20-21,27-28,45,49,55,58,67H,4-7,9-10,12-16,19,22-26,29-44,46-48,50-54,56-57,59-66H2,1-3H3/b11-8-,20-17-,21-18-,28-27-,49-45-,58-55-. The Bertz CT molecular complexity index is 1400. The van der Waals surface area contributed by atoms with Gasteiger partial charge in [-0.25, -0.2) is 0 Å². The minimum atomic E-state index is -0.815. The van der Waals surface area contributed by atoms with Gasteiger partial charge in [0, 0.05) is 19.3 Å². The van der Waals surface area contributed by atoms with E-state index in [1.54, 1.807) is 0 Å². The maximum Gasteiger partial charge on any atom is 0.306 e. The molecule has 0 bridgehead atoms. The third-order valence-corrected chi connectivity index (χ3v) is 14.4. The molecular formula is C70H124O6. The fourth-order valence-corrected chi connectivity index (χ4v) is 9.51. The molecule has 440 valence electrons. The topological polar surface area (TPSA) is 78.9 Å². The molecule has 0 heterocycles. The average molecular weight is 1060 g/mol. The highest BCUT2D eigenvalue weighted by atomic mass is 16.6. The molecule has 1 atom stereocenters. The van der Waals surface area contributed by atoms with E-state index in [1.807, 2.05) is 6.08 Å². The molecule has 0 aliphatic rings. The van der Waals surface area contributed by atoms with Gasteiger partial charge in [-0.3, -0.25) is 14.4 Å². The highest BCUT2D eigenvalue weighted by molar-refractivity contribution is 5.71. The molecule has 0 aliphatic heterocycles. The summed E-state index contributed by atoms with van der Waals surface area (Å²) in [5.74, 6) is -0.985. The van der Waals surface area contributed by atoms with E-state index in [2.05, 4.69) is 87.6 Å². The number of unbranched alkanes of at least 4 members (excludes halogenated alkanes) is 37. The lowest BCUT2D eigenvalue weighted by molar-refractivity contribution is -0.166. The van der Waals surface area contributed by atoms with Gasteiger partial charge in [0.15, 0.2) is 6.10 Å². The molecule has 0 fully saturated rings. The van der Waals surface area contributed by atoms with Gasteiger partial charge in [0.1, 0.15) is 13.2 Å². The lowest BCUT2D eigenvalue weighted by Gasteiger charge is -2.18. The number of ether oxygens (including phenoxy) is 3. The smallest absolute Gasteiger partial charge is 0.306 e. The van der Waals surface area contributed by atoms with Crippen molar-refractivity contribution in [1.82, 2.24) is 0 Å². The molecule has 0 amide bonds. The number of carbonyl (C=O) groups excluding carboxylic acids is 3. The van der Waals surface area contributed by atoms with Crippen LogP contribution in [0.25, 0.3) is 0 Å². The van der Waals surface area contributed by atoms with E-state index in [1.165, 1.54) is 212 Å². The van der Waals surface area contributed by atoms with E-state index in [9.17, 15) is 14.4 Å². The first kappa shape index (κ1) is 72.8. The summed E-state index contributed by atoms with van der Waals surface area (Å²) in [6.07, 6.45) is 84.0. The normalized spacial score (nSPS) is 12.5. The van der Waals surface area contributed by atoms with Crippen LogP contribution in [0, 0.1) is 0 Å². The molecule has 0 saturated heterocycles. The third kappa shape index (κ3) is 61.7. The van der Waals surface area contributed by atoms with Crippen LogP contribution < -0.4 is 0 Å². The molecule has 0 radical (unpaired) electrons. The van der Waals surface area contributed by atoms with Crippen molar-refractivity contribution in [3.05, 3.63) is 72.9 Å². The van der Waals surface area contributed by atoms with Crippen molar-refractivity contribution in [2.45, 2.75) is 341 Å². The third-order valence-electron chi connectivity index (χ3n) is 14.4. The SMILES string of the molecule is CC/C=C\C/C=C\C/C=C\C/C=C\CCC(=O)OC(COC(=O)CCCCCCC/C=C\CCCCC)COC(=O)CCCCCCCCCCCCCCCCCCCCCCC/C=C\CCCCCCCCCC. The Kier molecular flexibility index (Phi) is 61.7. The van der Waals surface area contributed by atoms with Gasteiger partial charge in [-0.2, -0.15) is 0 Å². The first-order valence-corrected chi connectivity index (χ1v) is 32.9. The van der Waals surface area contributed by atoms with Crippen LogP contribution in [0.4, 0.5) is 0 Å². The van der Waals surface area contributed by atoms with Gasteiger partial charge in [-0.1, -0.05) is 293 Å². The summed E-state index contributed by atoms with van der Waals surface area (Å²) in [6, 6.07) is 0. The van der Waals surface area contributed by atoms with Crippen LogP contribution in [0.2, 0.25) is 0 Å². The number of esters is 3. The van der Waals surface area contributed by atoms with Crippen LogP contribution in [0.15, 0.2) is 72.9 Å². The number of hydrogen-bond donors (Lipinski definition) is 0. The van der Waals surface area contributed by atoms with Crippen molar-refractivity contribution >= 4 is 17.9 Å². The van der Waals surface area contributed by atoms with Crippen LogP contribution >= 0.6 is 0 Å². The van der Waals surface area contributed by atoms with Crippen molar-refractivity contribution in [3.63, 3.8) is 0 Å². The molecule has 0 spiro atoms. The number of rotatable bonds is 60. The fraction of sp³-hybridized carbons (Fsp3) is 0.786. The Balaban J connectivity index is 4.09. The molecule has 0 aromatic rings. The predicted octanol–water partition coefficient (Wildman–Crippen LogP) is 22.5. The Morgan fingerprint density at radius 2 is 0.539 bits per heavy atom. The summed E-state index contributed by atoms with van der Waals surface area (Å²) >= 11 is 0. The molecule has 1 unspecified atom stereocenters. The van der Waals surface area contributed by atoms with Crippen LogP contribution in [-0.4, -0.2) is 37.2 Å². The zero-order valence-corrected chi connectivity index (χ0v) is 50.5. The summed E-state index contributed by atoms with van der Waals surface area (Å²) in [5, 5.41) is 0. The van der Waals surface area contributed by atoms with Gasteiger partial charge in [0.2, 0.25) is 0 Å². The van der Waals surface area contributed by atoms with Crippen LogP contribution in [-0.2, 0) is 28.6 Å². The molecular weight excluding hydrogens is 937 g/mol. The molecule has 6 nitrogen and oxygen atoms in total. The Morgan fingerprint density at radius 1 is 0.276 bits per heavy atom. The Morgan fingerprint density at radius 3 is 0.882 bits per heavy atom. The quantitative estimate of drug-likeness (QED) is 0.0261. The minimum Gasteiger partial charge on any atom is -0.462 e. The second-order valence-electron chi connectivity index (χ2n) is 22.0. The highest BCUT2D eigenvalue weighted by Gasteiger charge is 2.19. The average Bonchev–Trinajstić information content (AvgIpc) is 3.42. The van der Waals surface area contributed by atoms with E-state index in [4.69, 9.17) is 14.2 Å². The molecule has 0 N–H and O–H groups in total. The van der Waals surface area contributed by atoms with E-state index >= 15 is 0 Å². The monoisotopic (exact) mass is 1060 g/mol. The lowest BCUT2D eigenvalue weighted by Crippen LogP contribution is -2.30. The summed E-state index contributed by atoms with van der Waals surface area (Å²) in [6.45, 7) is 6.46. The van der Waals surface area contributed by atoms with Crippen molar-refractivity contribution in [2.24, 2.45) is 0 Å². The van der Waals surface area contributed by atoms with Crippen LogP contribution in [0.5, 0.6) is 0 Å². The van der Waals surface area contributed by atoms with E-state index in [0.29, 0.717) is 19.3 Å². The zero-order valence-electron chi connectivity index (χ0n) is 50.5.